The number of imidazole rings is 1. The van der Waals surface area contributed by atoms with Crippen LogP contribution < -0.4 is 9.47 Å². The van der Waals surface area contributed by atoms with E-state index < -0.39 is 0 Å². The van der Waals surface area contributed by atoms with Crippen molar-refractivity contribution in [1.82, 2.24) is 9.97 Å². The molecule has 2 aromatic rings. The molecule has 1 aromatic heterocycles. The van der Waals surface area contributed by atoms with Gasteiger partial charge in [-0.3, -0.25) is 0 Å². The van der Waals surface area contributed by atoms with Gasteiger partial charge in [0.2, 0.25) is 0 Å². The van der Waals surface area contributed by atoms with Crippen molar-refractivity contribution in [2.75, 3.05) is 6.61 Å². The van der Waals surface area contributed by atoms with Crippen LogP contribution in [0.25, 0.3) is 0 Å². The number of ether oxygens (including phenoxy) is 2. The van der Waals surface area contributed by atoms with Crippen molar-refractivity contribution in [1.29, 1.82) is 0 Å². The van der Waals surface area contributed by atoms with Gasteiger partial charge >= 0.3 is 0 Å². The first kappa shape index (κ1) is 10.2. The maximum Gasteiger partial charge on any atom is 0.190 e. The molecule has 2 heterocycles. The van der Waals surface area contributed by atoms with E-state index in [1.54, 1.807) is 6.20 Å². The van der Waals surface area contributed by atoms with Crippen molar-refractivity contribution in [3.05, 3.63) is 42.0 Å². The van der Waals surface area contributed by atoms with Gasteiger partial charge < -0.3 is 19.6 Å². The van der Waals surface area contributed by atoms with Crippen LogP contribution in [0.4, 0.5) is 0 Å². The SMILES string of the molecule is OCc1cnc(C2COc3ccccc3O2)[nH]1. The lowest BCUT2D eigenvalue weighted by Gasteiger charge is -2.24. The molecule has 2 N–H and O–H groups in total. The van der Waals surface area contributed by atoms with Crippen LogP contribution in [0.3, 0.4) is 0 Å². The molecular formula is C12H12N2O3. The maximum atomic E-state index is 8.96. The first-order valence-electron chi connectivity index (χ1n) is 5.40. The third-order valence-corrected chi connectivity index (χ3v) is 2.63. The first-order valence-corrected chi connectivity index (χ1v) is 5.40. The maximum absolute atomic E-state index is 8.96. The lowest BCUT2D eigenvalue weighted by molar-refractivity contribution is 0.0855. The molecule has 0 radical (unpaired) electrons. The third-order valence-electron chi connectivity index (χ3n) is 2.63. The number of hydrogen-bond donors (Lipinski definition) is 2. The average Bonchev–Trinajstić information content (AvgIpc) is 2.87. The minimum Gasteiger partial charge on any atom is -0.485 e. The quantitative estimate of drug-likeness (QED) is 0.821. The molecular weight excluding hydrogens is 220 g/mol. The number of benzene rings is 1. The van der Waals surface area contributed by atoms with Crippen molar-refractivity contribution < 1.29 is 14.6 Å². The fourth-order valence-electron chi connectivity index (χ4n) is 1.77. The van der Waals surface area contributed by atoms with Crippen molar-refractivity contribution in [2.45, 2.75) is 12.7 Å². The molecule has 0 fully saturated rings. The highest BCUT2D eigenvalue weighted by molar-refractivity contribution is 5.41. The Hall–Kier alpha value is -2.01. The second-order valence-corrected chi connectivity index (χ2v) is 3.82. The Balaban J connectivity index is 1.84. The predicted octanol–water partition coefficient (Wildman–Crippen LogP) is 1.41. The van der Waals surface area contributed by atoms with E-state index >= 15 is 0 Å². The summed E-state index contributed by atoms with van der Waals surface area (Å²) in [5.41, 5.74) is 0.669. The monoisotopic (exact) mass is 232 g/mol. The molecule has 0 aliphatic carbocycles. The normalized spacial score (nSPS) is 18.1. The molecule has 88 valence electrons. The number of aromatic nitrogens is 2. The average molecular weight is 232 g/mol. The number of nitrogens with one attached hydrogen (secondary N) is 1. The minimum atomic E-state index is -0.259. The number of aromatic amines is 1. The van der Waals surface area contributed by atoms with Crippen molar-refractivity contribution in [3.63, 3.8) is 0 Å². The molecule has 1 aliphatic rings. The molecule has 5 nitrogen and oxygen atoms in total. The van der Waals surface area contributed by atoms with Gasteiger partial charge in [-0.05, 0) is 12.1 Å². The summed E-state index contributed by atoms with van der Waals surface area (Å²) in [5.74, 6) is 2.13. The largest absolute Gasteiger partial charge is 0.485 e. The van der Waals surface area contributed by atoms with Gasteiger partial charge in [-0.1, -0.05) is 12.1 Å². The molecule has 17 heavy (non-hydrogen) atoms. The van der Waals surface area contributed by atoms with E-state index in [1.165, 1.54) is 0 Å². The van der Waals surface area contributed by atoms with Crippen LogP contribution in [0.1, 0.15) is 17.6 Å². The summed E-state index contributed by atoms with van der Waals surface area (Å²) in [4.78, 5) is 7.16. The van der Waals surface area contributed by atoms with Crippen molar-refractivity contribution in [2.24, 2.45) is 0 Å². The highest BCUT2D eigenvalue weighted by Gasteiger charge is 2.24. The molecule has 1 atom stereocenters. The van der Waals surface area contributed by atoms with E-state index in [2.05, 4.69) is 9.97 Å². The Kier molecular flexibility index (Phi) is 2.45. The van der Waals surface area contributed by atoms with E-state index in [-0.39, 0.29) is 12.7 Å². The molecule has 5 heteroatoms. The smallest absolute Gasteiger partial charge is 0.190 e. The minimum absolute atomic E-state index is 0.0584. The first-order chi connectivity index (χ1) is 8.36. The molecule has 3 rings (SSSR count). The van der Waals surface area contributed by atoms with Crippen LogP contribution in [-0.2, 0) is 6.61 Å². The van der Waals surface area contributed by atoms with Crippen LogP contribution in [-0.4, -0.2) is 21.7 Å². The number of hydrogen-bond acceptors (Lipinski definition) is 4. The Morgan fingerprint density at radius 3 is 2.94 bits per heavy atom. The summed E-state index contributed by atoms with van der Waals surface area (Å²) in [7, 11) is 0. The van der Waals surface area contributed by atoms with Gasteiger partial charge in [-0.15, -0.1) is 0 Å². The Labute approximate surface area is 98.0 Å². The van der Waals surface area contributed by atoms with E-state index in [1.807, 2.05) is 24.3 Å². The van der Waals surface area contributed by atoms with Gasteiger partial charge in [0.05, 0.1) is 18.5 Å². The number of fused-ring (bicyclic) bond motifs is 1. The lowest BCUT2D eigenvalue weighted by atomic mass is 10.2. The van der Waals surface area contributed by atoms with Crippen LogP contribution in [0, 0.1) is 0 Å². The zero-order valence-corrected chi connectivity index (χ0v) is 9.09. The van der Waals surface area contributed by atoms with E-state index in [0.29, 0.717) is 23.9 Å². The van der Waals surface area contributed by atoms with Crippen LogP contribution in [0.5, 0.6) is 11.5 Å². The highest BCUT2D eigenvalue weighted by atomic mass is 16.6. The number of aliphatic hydroxyl groups is 1. The Morgan fingerprint density at radius 2 is 2.18 bits per heavy atom. The molecule has 0 spiro atoms. The number of nitrogens with zero attached hydrogens (tertiary/aromatic N) is 1. The number of rotatable bonds is 2. The van der Waals surface area contributed by atoms with Crippen molar-refractivity contribution in [3.8, 4) is 11.5 Å². The van der Waals surface area contributed by atoms with Gasteiger partial charge in [0.15, 0.2) is 23.4 Å². The molecule has 0 saturated heterocycles. The zero-order chi connectivity index (χ0) is 11.7. The third kappa shape index (κ3) is 1.85. The van der Waals surface area contributed by atoms with Crippen molar-refractivity contribution >= 4 is 0 Å². The number of H-pyrrole nitrogens is 1. The molecule has 1 aromatic carbocycles. The van der Waals surface area contributed by atoms with Gasteiger partial charge in [-0.25, -0.2) is 4.98 Å². The predicted molar refractivity (Wildman–Crippen MR) is 59.8 cm³/mol. The fraction of sp³-hybridized carbons (Fsp3) is 0.250. The van der Waals surface area contributed by atoms with Gasteiger partial charge in [0.1, 0.15) is 6.61 Å². The Bertz CT molecular complexity index is 524. The van der Waals surface area contributed by atoms with Crippen LogP contribution in [0.2, 0.25) is 0 Å². The van der Waals surface area contributed by atoms with Gasteiger partial charge in [0.25, 0.3) is 0 Å². The summed E-state index contributed by atoms with van der Waals surface area (Å²) in [6, 6.07) is 7.52. The number of para-hydroxylation sites is 2. The second-order valence-electron chi connectivity index (χ2n) is 3.82. The molecule has 0 saturated carbocycles. The molecule has 1 aliphatic heterocycles. The summed E-state index contributed by atoms with van der Waals surface area (Å²) in [6.07, 6.45) is 1.34. The van der Waals surface area contributed by atoms with Crippen LogP contribution in [0.15, 0.2) is 30.5 Å². The second kappa shape index (κ2) is 4.10. The lowest BCUT2D eigenvalue weighted by Crippen LogP contribution is -2.22. The molecule has 0 amide bonds. The summed E-state index contributed by atoms with van der Waals surface area (Å²) < 4.78 is 11.4. The highest BCUT2D eigenvalue weighted by Crippen LogP contribution is 2.34. The van der Waals surface area contributed by atoms with Gasteiger partial charge in [-0.2, -0.15) is 0 Å². The standard InChI is InChI=1S/C12H12N2O3/c15-6-8-5-13-12(14-8)11-7-16-9-3-1-2-4-10(9)17-11/h1-5,11,15H,6-7H2,(H,13,14). The summed E-state index contributed by atoms with van der Waals surface area (Å²) in [5, 5.41) is 8.96. The number of aliphatic hydroxyl groups excluding tert-OH is 1. The van der Waals surface area contributed by atoms with Crippen LogP contribution >= 0.6 is 0 Å². The van der Waals surface area contributed by atoms with Gasteiger partial charge in [0, 0.05) is 0 Å². The Morgan fingerprint density at radius 1 is 1.35 bits per heavy atom. The van der Waals surface area contributed by atoms with E-state index in [9.17, 15) is 0 Å². The summed E-state index contributed by atoms with van der Waals surface area (Å²) >= 11 is 0. The molecule has 1 unspecified atom stereocenters. The molecule has 0 bridgehead atoms. The fourth-order valence-corrected chi connectivity index (χ4v) is 1.77. The summed E-state index contributed by atoms with van der Waals surface area (Å²) in [6.45, 7) is 0.354. The zero-order valence-electron chi connectivity index (χ0n) is 9.09. The van der Waals surface area contributed by atoms with E-state index in [0.717, 1.165) is 5.75 Å². The van der Waals surface area contributed by atoms with E-state index in [4.69, 9.17) is 14.6 Å². The topological polar surface area (TPSA) is 67.4 Å².